The van der Waals surface area contributed by atoms with Gasteiger partial charge >= 0.3 is 11.8 Å². The van der Waals surface area contributed by atoms with Crippen LogP contribution in [0.1, 0.15) is 26.2 Å². The zero-order valence-electron chi connectivity index (χ0n) is 10.8. The maximum atomic E-state index is 11.1. The second-order valence-corrected chi connectivity index (χ2v) is 5.20. The number of imidazole rings is 1. The Morgan fingerprint density at radius 2 is 2.45 bits per heavy atom. The number of carbonyl (C=O) groups is 1. The van der Waals surface area contributed by atoms with Crippen LogP contribution in [0, 0.1) is 10.1 Å². The zero-order valence-corrected chi connectivity index (χ0v) is 11.6. The number of hydrogen-bond acceptors (Lipinski definition) is 6. The molecule has 2 aromatic heterocycles. The molecule has 108 valence electrons. The predicted octanol–water partition coefficient (Wildman–Crippen LogP) is 2.36. The van der Waals surface area contributed by atoms with E-state index in [-0.39, 0.29) is 24.1 Å². The molecular formula is C11H14N4O4S. The van der Waals surface area contributed by atoms with Gasteiger partial charge in [-0.05, 0) is 11.3 Å². The first-order valence-electron chi connectivity index (χ1n) is 6.11. The molecule has 0 bridgehead atoms. The van der Waals surface area contributed by atoms with Gasteiger partial charge in [0.05, 0.1) is 6.42 Å². The normalized spacial score (nSPS) is 12.4. The molecule has 0 fully saturated rings. The van der Waals surface area contributed by atoms with Crippen molar-refractivity contribution < 1.29 is 14.8 Å². The van der Waals surface area contributed by atoms with Crippen molar-refractivity contribution in [2.24, 2.45) is 0 Å². The second-order valence-electron chi connectivity index (χ2n) is 4.32. The third-order valence-electron chi connectivity index (χ3n) is 2.81. The predicted molar refractivity (Wildman–Crippen MR) is 74.3 cm³/mol. The third-order valence-corrected chi connectivity index (χ3v) is 3.57. The molecule has 0 aromatic carbocycles. The smallest absolute Gasteiger partial charge is 0.372 e. The van der Waals surface area contributed by atoms with Crippen LogP contribution < -0.4 is 5.32 Å². The minimum absolute atomic E-state index is 0.101. The fourth-order valence-electron chi connectivity index (χ4n) is 2.02. The molecule has 0 aliphatic carbocycles. The average Bonchev–Trinajstić information content (AvgIpc) is 2.87. The Morgan fingerprint density at radius 1 is 1.70 bits per heavy atom. The van der Waals surface area contributed by atoms with Gasteiger partial charge in [-0.15, -0.1) is 0 Å². The minimum atomic E-state index is -0.945. The summed E-state index contributed by atoms with van der Waals surface area (Å²) in [5.74, 6) is -0.978. The Bertz CT molecular complexity index is 635. The van der Waals surface area contributed by atoms with Crippen molar-refractivity contribution in [2.75, 3.05) is 5.32 Å². The number of nitrogens with zero attached hydrogens (tertiary/aromatic N) is 3. The monoisotopic (exact) mass is 298 g/mol. The lowest BCUT2D eigenvalue weighted by atomic mass is 10.1. The van der Waals surface area contributed by atoms with Gasteiger partial charge in [-0.2, -0.15) is 9.38 Å². The highest BCUT2D eigenvalue weighted by molar-refractivity contribution is 7.15. The third kappa shape index (κ3) is 2.87. The number of anilines is 1. The second kappa shape index (κ2) is 5.87. The highest BCUT2D eigenvalue weighted by Gasteiger charge is 2.26. The van der Waals surface area contributed by atoms with Crippen LogP contribution in [0.2, 0.25) is 0 Å². The summed E-state index contributed by atoms with van der Waals surface area (Å²) in [5, 5.41) is 24.6. The van der Waals surface area contributed by atoms with Gasteiger partial charge in [-0.1, -0.05) is 24.7 Å². The van der Waals surface area contributed by atoms with Crippen LogP contribution in [0.15, 0.2) is 11.6 Å². The molecule has 1 atom stereocenters. The maximum Gasteiger partial charge on any atom is 0.372 e. The number of aliphatic carboxylic acids is 1. The summed E-state index contributed by atoms with van der Waals surface area (Å²) in [5.41, 5.74) is 0. The van der Waals surface area contributed by atoms with Crippen LogP contribution in [0.3, 0.4) is 0 Å². The lowest BCUT2D eigenvalue weighted by molar-refractivity contribution is -0.389. The van der Waals surface area contributed by atoms with Gasteiger partial charge in [0.1, 0.15) is 6.20 Å². The van der Waals surface area contributed by atoms with Crippen molar-refractivity contribution >= 4 is 33.9 Å². The van der Waals surface area contributed by atoms with Crippen LogP contribution in [0.25, 0.3) is 4.96 Å². The van der Waals surface area contributed by atoms with Gasteiger partial charge in [0, 0.05) is 11.4 Å². The van der Waals surface area contributed by atoms with Crippen LogP contribution in [-0.2, 0) is 4.79 Å². The fraction of sp³-hybridized carbons (Fsp3) is 0.455. The van der Waals surface area contributed by atoms with Crippen LogP contribution >= 0.6 is 11.3 Å². The Morgan fingerprint density at radius 3 is 3.05 bits per heavy atom. The molecule has 2 rings (SSSR count). The van der Waals surface area contributed by atoms with Crippen LogP contribution in [-0.4, -0.2) is 31.4 Å². The van der Waals surface area contributed by atoms with E-state index in [2.05, 4.69) is 10.3 Å². The van der Waals surface area contributed by atoms with E-state index in [0.29, 0.717) is 11.4 Å². The van der Waals surface area contributed by atoms with Gasteiger partial charge in [0.2, 0.25) is 5.82 Å². The Labute approximate surface area is 118 Å². The number of fused-ring (bicyclic) bond motifs is 1. The van der Waals surface area contributed by atoms with E-state index < -0.39 is 10.9 Å². The number of thiazole rings is 1. The molecule has 20 heavy (non-hydrogen) atoms. The Hall–Kier alpha value is -2.16. The molecule has 0 amide bonds. The van der Waals surface area contributed by atoms with Crippen molar-refractivity contribution in [3.8, 4) is 0 Å². The van der Waals surface area contributed by atoms with E-state index in [1.807, 2.05) is 6.92 Å². The summed E-state index contributed by atoms with van der Waals surface area (Å²) in [6, 6.07) is -0.374. The van der Waals surface area contributed by atoms with Crippen LogP contribution in [0.5, 0.6) is 0 Å². The molecule has 2 heterocycles. The summed E-state index contributed by atoms with van der Waals surface area (Å²) < 4.78 is 1.39. The molecule has 0 radical (unpaired) electrons. The van der Waals surface area contributed by atoms with E-state index in [9.17, 15) is 14.9 Å². The van der Waals surface area contributed by atoms with Gasteiger partial charge in [-0.3, -0.25) is 4.79 Å². The number of carboxylic acids is 1. The molecule has 1 unspecified atom stereocenters. The first-order chi connectivity index (χ1) is 9.52. The number of rotatable bonds is 7. The van der Waals surface area contributed by atoms with E-state index >= 15 is 0 Å². The molecule has 0 aliphatic heterocycles. The van der Waals surface area contributed by atoms with Crippen molar-refractivity contribution in [3.05, 3.63) is 21.7 Å². The molecular weight excluding hydrogens is 284 g/mol. The van der Waals surface area contributed by atoms with E-state index in [1.54, 1.807) is 11.6 Å². The zero-order chi connectivity index (χ0) is 14.7. The lowest BCUT2D eigenvalue weighted by Gasteiger charge is -2.15. The minimum Gasteiger partial charge on any atom is -0.481 e. The molecule has 0 aliphatic rings. The van der Waals surface area contributed by atoms with Gasteiger partial charge in [0.25, 0.3) is 4.96 Å². The number of nitrogens with one attached hydrogen (secondary N) is 1. The molecule has 2 N–H and O–H groups in total. The largest absolute Gasteiger partial charge is 0.481 e. The summed E-state index contributed by atoms with van der Waals surface area (Å²) in [6.45, 7) is 1.93. The Kier molecular flexibility index (Phi) is 4.18. The number of carboxylic acid groups (broad SMARTS) is 1. The first-order valence-corrected chi connectivity index (χ1v) is 6.99. The van der Waals surface area contributed by atoms with Crippen LogP contribution in [0.4, 0.5) is 11.6 Å². The Balaban J connectivity index is 2.30. The summed E-state index contributed by atoms with van der Waals surface area (Å²) in [7, 11) is 0. The maximum absolute atomic E-state index is 11.1. The molecule has 2 aromatic rings. The first kappa shape index (κ1) is 14.3. The standard InChI is InChI=1S/C11H14N4O4S/c1-2-3-7(6-8(16)17)12-9-10(15(18)19)14-4-5-20-11(14)13-9/h4-5,7,12H,2-3,6H2,1H3,(H,16,17). The quantitative estimate of drug-likeness (QED) is 0.599. The lowest BCUT2D eigenvalue weighted by Crippen LogP contribution is -2.23. The highest BCUT2D eigenvalue weighted by Crippen LogP contribution is 2.29. The number of aromatic nitrogens is 2. The number of hydrogen-bond donors (Lipinski definition) is 2. The molecule has 0 saturated carbocycles. The van der Waals surface area contributed by atoms with E-state index in [0.717, 1.165) is 6.42 Å². The highest BCUT2D eigenvalue weighted by atomic mass is 32.1. The van der Waals surface area contributed by atoms with Crippen molar-refractivity contribution in [1.29, 1.82) is 0 Å². The van der Waals surface area contributed by atoms with E-state index in [4.69, 9.17) is 5.11 Å². The number of nitro groups is 1. The molecule has 0 saturated heterocycles. The summed E-state index contributed by atoms with van der Waals surface area (Å²) >= 11 is 1.29. The molecule has 9 heteroatoms. The fourth-order valence-corrected chi connectivity index (χ4v) is 2.73. The van der Waals surface area contributed by atoms with E-state index in [1.165, 1.54) is 15.7 Å². The molecule has 0 spiro atoms. The topological polar surface area (TPSA) is 110 Å². The van der Waals surface area contributed by atoms with Crippen molar-refractivity contribution in [3.63, 3.8) is 0 Å². The SMILES string of the molecule is CCCC(CC(=O)O)Nc1nc2sccn2c1[N+](=O)[O-]. The van der Waals surface area contributed by atoms with Crippen molar-refractivity contribution in [2.45, 2.75) is 32.2 Å². The van der Waals surface area contributed by atoms with Gasteiger partial charge < -0.3 is 20.5 Å². The average molecular weight is 298 g/mol. The molecule has 8 nitrogen and oxygen atoms in total. The van der Waals surface area contributed by atoms with Gasteiger partial charge in [-0.25, -0.2) is 0 Å². The summed E-state index contributed by atoms with van der Waals surface area (Å²) in [6.07, 6.45) is 2.86. The van der Waals surface area contributed by atoms with Gasteiger partial charge in [0.15, 0.2) is 0 Å². The van der Waals surface area contributed by atoms with Crippen molar-refractivity contribution in [1.82, 2.24) is 9.38 Å². The summed E-state index contributed by atoms with van der Waals surface area (Å²) in [4.78, 5) is 26.1.